The first-order chi connectivity index (χ1) is 16.2. The van der Waals surface area contributed by atoms with Crippen LogP contribution in [0.25, 0.3) is 0 Å². The fraction of sp³-hybridized carbons (Fsp3) is 0.292. The van der Waals surface area contributed by atoms with Crippen LogP contribution in [0, 0.1) is 0 Å². The van der Waals surface area contributed by atoms with Crippen LogP contribution in [0.5, 0.6) is 0 Å². The molecule has 0 spiro atoms. The predicted molar refractivity (Wildman–Crippen MR) is 129 cm³/mol. The third-order valence-corrected chi connectivity index (χ3v) is 5.78. The van der Waals surface area contributed by atoms with E-state index in [0.717, 1.165) is 4.90 Å². The van der Waals surface area contributed by atoms with Crippen molar-refractivity contribution in [2.45, 2.75) is 32.4 Å². The van der Waals surface area contributed by atoms with E-state index in [1.165, 1.54) is 25.6 Å². The van der Waals surface area contributed by atoms with Crippen molar-refractivity contribution in [3.63, 3.8) is 0 Å². The maximum Gasteiger partial charge on any atom is 0.330 e. The topological polar surface area (TPSA) is 122 Å². The number of carbonyl (C=O) groups excluding carboxylic acids is 5. The fourth-order valence-electron chi connectivity index (χ4n) is 3.46. The predicted octanol–water partition coefficient (Wildman–Crippen LogP) is 2.93. The van der Waals surface area contributed by atoms with Crippen molar-refractivity contribution in [3.8, 4) is 0 Å². The second-order valence-electron chi connectivity index (χ2n) is 7.65. The van der Waals surface area contributed by atoms with E-state index in [1.807, 2.05) is 6.26 Å². The molecular formula is C24H25N3O6S. The van der Waals surface area contributed by atoms with Crippen LogP contribution in [0.2, 0.25) is 0 Å². The number of nitrogens with one attached hydrogen (secondary N) is 2. The third-order valence-electron chi connectivity index (χ3n) is 5.14. The molecule has 0 saturated heterocycles. The molecule has 0 saturated carbocycles. The van der Waals surface area contributed by atoms with Crippen LogP contribution in [0.3, 0.4) is 0 Å². The molecule has 9 nitrogen and oxygen atoms in total. The van der Waals surface area contributed by atoms with Gasteiger partial charge in [-0.1, -0.05) is 12.1 Å². The van der Waals surface area contributed by atoms with E-state index in [0.29, 0.717) is 17.1 Å². The monoisotopic (exact) mass is 483 g/mol. The van der Waals surface area contributed by atoms with Crippen molar-refractivity contribution in [2.75, 3.05) is 22.6 Å². The second kappa shape index (κ2) is 11.0. The molecule has 1 aliphatic rings. The van der Waals surface area contributed by atoms with Gasteiger partial charge in [-0.25, -0.2) is 4.79 Å². The molecule has 0 radical (unpaired) electrons. The van der Waals surface area contributed by atoms with Crippen LogP contribution in [0.4, 0.5) is 11.4 Å². The van der Waals surface area contributed by atoms with Gasteiger partial charge in [0.1, 0.15) is 6.04 Å². The van der Waals surface area contributed by atoms with Gasteiger partial charge in [-0.2, -0.15) is 11.8 Å². The van der Waals surface area contributed by atoms with E-state index in [9.17, 15) is 24.0 Å². The Morgan fingerprint density at radius 3 is 1.97 bits per heavy atom. The van der Waals surface area contributed by atoms with Gasteiger partial charge in [-0.15, -0.1) is 0 Å². The lowest BCUT2D eigenvalue weighted by Crippen LogP contribution is -2.47. The molecule has 10 heteroatoms. The minimum Gasteiger partial charge on any atom is -0.451 e. The number of hydrogen-bond acceptors (Lipinski definition) is 7. The highest BCUT2D eigenvalue weighted by Gasteiger charge is 2.43. The van der Waals surface area contributed by atoms with E-state index in [-0.39, 0.29) is 23.5 Å². The Balaban J connectivity index is 1.68. The van der Waals surface area contributed by atoms with E-state index < -0.39 is 35.8 Å². The minimum atomic E-state index is -1.17. The zero-order chi connectivity index (χ0) is 24.8. The second-order valence-corrected chi connectivity index (χ2v) is 8.64. The standard InChI is InChI=1S/C24H25N3O6S/c1-14(21(29)26-17-10-8-16(9-11-17)25-15(2)28)33-24(32)20(12-13-34-3)27-22(30)18-6-4-5-7-19(18)23(27)31/h4-11,14,20H,12-13H2,1-3H3,(H,25,28)(H,26,29)/t14-,20+/m0/s1. The molecule has 0 fully saturated rings. The average Bonchev–Trinajstić information content (AvgIpc) is 3.05. The number of imide groups is 1. The van der Waals surface area contributed by atoms with Crippen molar-refractivity contribution in [1.82, 2.24) is 4.90 Å². The van der Waals surface area contributed by atoms with Gasteiger partial charge in [0.2, 0.25) is 5.91 Å². The molecule has 2 aromatic rings. The first kappa shape index (κ1) is 25.0. The molecule has 1 aliphatic heterocycles. The van der Waals surface area contributed by atoms with Gasteiger partial charge in [0.15, 0.2) is 6.10 Å². The van der Waals surface area contributed by atoms with Gasteiger partial charge in [0, 0.05) is 18.3 Å². The number of nitrogens with zero attached hydrogens (tertiary/aromatic N) is 1. The molecule has 2 N–H and O–H groups in total. The van der Waals surface area contributed by atoms with Crippen LogP contribution < -0.4 is 10.6 Å². The Kier molecular flexibility index (Phi) is 8.06. The van der Waals surface area contributed by atoms with E-state index >= 15 is 0 Å². The lowest BCUT2D eigenvalue weighted by molar-refractivity contribution is -0.157. The van der Waals surface area contributed by atoms with E-state index in [1.54, 1.807) is 48.5 Å². The molecule has 0 aliphatic carbocycles. The highest BCUT2D eigenvalue weighted by Crippen LogP contribution is 2.27. The van der Waals surface area contributed by atoms with Gasteiger partial charge in [-0.05, 0) is 61.8 Å². The summed E-state index contributed by atoms with van der Waals surface area (Å²) in [6.07, 6.45) is 0.872. The van der Waals surface area contributed by atoms with Crippen molar-refractivity contribution in [3.05, 3.63) is 59.7 Å². The Bertz CT molecular complexity index is 1080. The summed E-state index contributed by atoms with van der Waals surface area (Å²) in [5, 5.41) is 5.25. The number of amides is 4. The zero-order valence-corrected chi connectivity index (χ0v) is 19.8. The van der Waals surface area contributed by atoms with Gasteiger partial charge in [-0.3, -0.25) is 24.1 Å². The number of hydrogen-bond donors (Lipinski definition) is 2. The highest BCUT2D eigenvalue weighted by atomic mass is 32.2. The normalized spacial score (nSPS) is 14.3. The van der Waals surface area contributed by atoms with Crippen molar-refractivity contribution < 1.29 is 28.7 Å². The first-order valence-electron chi connectivity index (χ1n) is 10.6. The van der Waals surface area contributed by atoms with Crippen LogP contribution in [-0.4, -0.2) is 58.7 Å². The third kappa shape index (κ3) is 5.63. The van der Waals surface area contributed by atoms with Gasteiger partial charge < -0.3 is 15.4 Å². The Labute approximate surface area is 201 Å². The van der Waals surface area contributed by atoms with Gasteiger partial charge >= 0.3 is 5.97 Å². The Hall–Kier alpha value is -3.66. The molecule has 4 amide bonds. The number of fused-ring (bicyclic) bond motifs is 1. The summed E-state index contributed by atoms with van der Waals surface area (Å²) in [6.45, 7) is 2.80. The molecule has 1 heterocycles. The number of ether oxygens (including phenoxy) is 1. The minimum absolute atomic E-state index is 0.199. The summed E-state index contributed by atoms with van der Waals surface area (Å²) in [4.78, 5) is 63.3. The lowest BCUT2D eigenvalue weighted by atomic mass is 10.1. The summed E-state index contributed by atoms with van der Waals surface area (Å²) in [7, 11) is 0. The van der Waals surface area contributed by atoms with Crippen molar-refractivity contribution >= 4 is 52.7 Å². The quantitative estimate of drug-likeness (QED) is 0.415. The Morgan fingerprint density at radius 2 is 1.47 bits per heavy atom. The Morgan fingerprint density at radius 1 is 0.941 bits per heavy atom. The highest BCUT2D eigenvalue weighted by molar-refractivity contribution is 7.98. The molecule has 0 bridgehead atoms. The number of benzene rings is 2. The number of carbonyl (C=O) groups is 5. The summed E-state index contributed by atoms with van der Waals surface area (Å²) < 4.78 is 5.36. The van der Waals surface area contributed by atoms with Crippen molar-refractivity contribution in [2.24, 2.45) is 0 Å². The summed E-state index contributed by atoms with van der Waals surface area (Å²) in [5.74, 6) is -2.22. The molecule has 2 aromatic carbocycles. The number of anilines is 2. The molecule has 34 heavy (non-hydrogen) atoms. The maximum absolute atomic E-state index is 13.0. The van der Waals surface area contributed by atoms with Crippen LogP contribution in [0.1, 0.15) is 41.0 Å². The molecular weight excluding hydrogens is 458 g/mol. The molecule has 0 unspecified atom stereocenters. The molecule has 3 rings (SSSR count). The summed E-state index contributed by atoms with van der Waals surface area (Å²) >= 11 is 1.46. The SMILES string of the molecule is CSCC[C@H](C(=O)O[C@@H](C)C(=O)Nc1ccc(NC(C)=O)cc1)N1C(=O)c2ccccc2C1=O. The van der Waals surface area contributed by atoms with Crippen LogP contribution in [-0.2, 0) is 19.1 Å². The summed E-state index contributed by atoms with van der Waals surface area (Å²) in [6, 6.07) is 11.7. The summed E-state index contributed by atoms with van der Waals surface area (Å²) in [5.41, 5.74) is 1.50. The number of thioether (sulfide) groups is 1. The molecule has 2 atom stereocenters. The van der Waals surface area contributed by atoms with E-state index in [4.69, 9.17) is 4.74 Å². The van der Waals surface area contributed by atoms with Gasteiger partial charge in [0.05, 0.1) is 11.1 Å². The molecule has 0 aromatic heterocycles. The molecule has 178 valence electrons. The fourth-order valence-corrected chi connectivity index (χ4v) is 3.92. The van der Waals surface area contributed by atoms with Crippen LogP contribution >= 0.6 is 11.8 Å². The van der Waals surface area contributed by atoms with Gasteiger partial charge in [0.25, 0.3) is 17.7 Å². The first-order valence-corrected chi connectivity index (χ1v) is 12.0. The van der Waals surface area contributed by atoms with Crippen LogP contribution in [0.15, 0.2) is 48.5 Å². The lowest BCUT2D eigenvalue weighted by Gasteiger charge is -2.25. The smallest absolute Gasteiger partial charge is 0.330 e. The largest absolute Gasteiger partial charge is 0.451 e. The zero-order valence-electron chi connectivity index (χ0n) is 19.0. The number of esters is 1. The average molecular weight is 484 g/mol. The van der Waals surface area contributed by atoms with Crippen molar-refractivity contribution in [1.29, 1.82) is 0 Å². The number of rotatable bonds is 9. The van der Waals surface area contributed by atoms with E-state index in [2.05, 4.69) is 10.6 Å². The maximum atomic E-state index is 13.0.